The Morgan fingerprint density at radius 1 is 1.12 bits per heavy atom. The molecule has 6 heteroatoms. The Balaban J connectivity index is 1.78. The number of nitrogens with two attached hydrogens (primary N) is 1. The summed E-state index contributed by atoms with van der Waals surface area (Å²) >= 11 is 0. The van der Waals surface area contributed by atoms with Crippen molar-refractivity contribution in [3.8, 4) is 0 Å². The first-order valence-corrected chi connectivity index (χ1v) is 7.78. The summed E-state index contributed by atoms with van der Waals surface area (Å²) in [6.45, 7) is 0.435. The molecule has 0 aliphatic carbocycles. The van der Waals surface area contributed by atoms with E-state index in [1.807, 2.05) is 48.5 Å². The first-order valence-electron chi connectivity index (χ1n) is 7.78. The fraction of sp³-hybridized carbons (Fsp3) is 0.167. The topological polar surface area (TPSA) is 92.1 Å². The van der Waals surface area contributed by atoms with E-state index < -0.39 is 11.9 Å². The van der Waals surface area contributed by atoms with Gasteiger partial charge in [-0.3, -0.25) is 14.7 Å². The maximum absolute atomic E-state index is 13.0. The van der Waals surface area contributed by atoms with E-state index in [-0.39, 0.29) is 5.91 Å². The first-order chi connectivity index (χ1) is 11.7. The van der Waals surface area contributed by atoms with Gasteiger partial charge in [0, 0.05) is 11.9 Å². The number of hydrogen-bond donors (Lipinski definition) is 2. The van der Waals surface area contributed by atoms with Crippen LogP contribution in [0.2, 0.25) is 0 Å². The summed E-state index contributed by atoms with van der Waals surface area (Å²) in [5, 5.41) is 7.75. The first kappa shape index (κ1) is 14.4. The molecule has 6 nitrogen and oxygen atoms in total. The smallest absolute Gasteiger partial charge is 0.275 e. The summed E-state index contributed by atoms with van der Waals surface area (Å²) in [6, 6.07) is 14.3. The number of hydrogen-bond acceptors (Lipinski definition) is 3. The predicted octanol–water partition coefficient (Wildman–Crippen LogP) is 1.79. The number of amides is 2. The van der Waals surface area contributed by atoms with Crippen LogP contribution in [0, 0.1) is 0 Å². The third kappa shape index (κ3) is 2.15. The van der Waals surface area contributed by atoms with Gasteiger partial charge in [0.1, 0.15) is 6.04 Å². The summed E-state index contributed by atoms with van der Waals surface area (Å²) in [4.78, 5) is 26.6. The number of fused-ring (bicyclic) bond motifs is 2. The van der Waals surface area contributed by atoms with E-state index in [1.165, 1.54) is 4.90 Å². The fourth-order valence-electron chi connectivity index (χ4n) is 3.35. The van der Waals surface area contributed by atoms with Gasteiger partial charge in [-0.05, 0) is 23.6 Å². The number of rotatable bonds is 2. The van der Waals surface area contributed by atoms with Crippen molar-refractivity contribution in [3.05, 3.63) is 65.4 Å². The van der Waals surface area contributed by atoms with Crippen molar-refractivity contribution in [1.82, 2.24) is 15.1 Å². The molecule has 24 heavy (non-hydrogen) atoms. The van der Waals surface area contributed by atoms with Crippen LogP contribution in [0.5, 0.6) is 0 Å². The van der Waals surface area contributed by atoms with Gasteiger partial charge < -0.3 is 10.6 Å². The Morgan fingerprint density at radius 3 is 2.71 bits per heavy atom. The average Bonchev–Trinajstić information content (AvgIpc) is 3.04. The molecule has 0 fully saturated rings. The highest BCUT2D eigenvalue weighted by atomic mass is 16.2. The minimum Gasteiger partial charge on any atom is -0.368 e. The van der Waals surface area contributed by atoms with Gasteiger partial charge in [0.2, 0.25) is 5.91 Å². The Kier molecular flexibility index (Phi) is 3.30. The Morgan fingerprint density at radius 2 is 1.88 bits per heavy atom. The molecule has 1 atom stereocenters. The molecule has 0 radical (unpaired) electrons. The summed E-state index contributed by atoms with van der Waals surface area (Å²) in [6.07, 6.45) is 0.689. The summed E-state index contributed by atoms with van der Waals surface area (Å²) in [7, 11) is 0. The quantitative estimate of drug-likeness (QED) is 0.754. The van der Waals surface area contributed by atoms with E-state index in [2.05, 4.69) is 10.2 Å². The van der Waals surface area contributed by atoms with Crippen molar-refractivity contribution in [1.29, 1.82) is 0 Å². The summed E-state index contributed by atoms with van der Waals surface area (Å²) < 4.78 is 0. The zero-order chi connectivity index (χ0) is 16.7. The molecule has 2 heterocycles. The SMILES string of the molecule is NC(=O)C1c2ccccc2CCN1C(=O)c1n[nH]c2ccccc12. The highest BCUT2D eigenvalue weighted by Gasteiger charge is 2.36. The fourth-order valence-corrected chi connectivity index (χ4v) is 3.35. The van der Waals surface area contributed by atoms with Crippen molar-refractivity contribution in [2.45, 2.75) is 12.5 Å². The zero-order valence-electron chi connectivity index (χ0n) is 12.9. The average molecular weight is 320 g/mol. The number of carbonyl (C=O) groups is 2. The van der Waals surface area contributed by atoms with Gasteiger partial charge in [-0.1, -0.05) is 42.5 Å². The van der Waals surface area contributed by atoms with Crippen LogP contribution in [-0.2, 0) is 11.2 Å². The molecule has 1 aliphatic rings. The van der Waals surface area contributed by atoms with Crippen molar-refractivity contribution in [2.75, 3.05) is 6.54 Å². The molecule has 0 saturated carbocycles. The molecule has 3 N–H and O–H groups in total. The number of nitrogens with zero attached hydrogens (tertiary/aromatic N) is 2. The van der Waals surface area contributed by atoms with Gasteiger partial charge in [0.25, 0.3) is 5.91 Å². The summed E-state index contributed by atoms with van der Waals surface area (Å²) in [5.41, 5.74) is 8.57. The third-order valence-electron chi connectivity index (χ3n) is 4.49. The zero-order valence-corrected chi connectivity index (χ0v) is 12.9. The number of nitrogens with one attached hydrogen (secondary N) is 1. The summed E-state index contributed by atoms with van der Waals surface area (Å²) in [5.74, 6) is -0.818. The van der Waals surface area contributed by atoms with Crippen LogP contribution in [0.15, 0.2) is 48.5 Å². The van der Waals surface area contributed by atoms with E-state index in [9.17, 15) is 9.59 Å². The number of aromatic nitrogens is 2. The second-order valence-electron chi connectivity index (χ2n) is 5.87. The highest BCUT2D eigenvalue weighted by molar-refractivity contribution is 6.06. The third-order valence-corrected chi connectivity index (χ3v) is 4.49. The molecule has 1 aliphatic heterocycles. The molecule has 2 aromatic carbocycles. The van der Waals surface area contributed by atoms with Crippen molar-refractivity contribution in [3.63, 3.8) is 0 Å². The second kappa shape index (κ2) is 5.49. The maximum atomic E-state index is 13.0. The van der Waals surface area contributed by atoms with Crippen LogP contribution in [-0.4, -0.2) is 33.5 Å². The van der Waals surface area contributed by atoms with Gasteiger partial charge >= 0.3 is 0 Å². The number of primary amides is 1. The second-order valence-corrected chi connectivity index (χ2v) is 5.87. The molecule has 3 aromatic rings. The van der Waals surface area contributed by atoms with Gasteiger partial charge in [0.05, 0.1) is 5.52 Å². The molecule has 0 saturated heterocycles. The van der Waals surface area contributed by atoms with Crippen LogP contribution in [0.4, 0.5) is 0 Å². The lowest BCUT2D eigenvalue weighted by atomic mass is 9.92. The van der Waals surface area contributed by atoms with Crippen molar-refractivity contribution in [2.24, 2.45) is 5.73 Å². The number of carbonyl (C=O) groups excluding carboxylic acids is 2. The van der Waals surface area contributed by atoms with E-state index in [0.717, 1.165) is 22.0 Å². The van der Waals surface area contributed by atoms with Gasteiger partial charge in [-0.2, -0.15) is 5.10 Å². The minimum atomic E-state index is -0.766. The van der Waals surface area contributed by atoms with Crippen LogP contribution < -0.4 is 5.73 Å². The number of H-pyrrole nitrogens is 1. The Labute approximate surface area is 138 Å². The molecule has 0 spiro atoms. The molecule has 0 bridgehead atoms. The predicted molar refractivity (Wildman–Crippen MR) is 89.2 cm³/mol. The molecular weight excluding hydrogens is 304 g/mol. The monoisotopic (exact) mass is 320 g/mol. The largest absolute Gasteiger partial charge is 0.368 e. The maximum Gasteiger partial charge on any atom is 0.275 e. The highest BCUT2D eigenvalue weighted by Crippen LogP contribution is 2.31. The van der Waals surface area contributed by atoms with Crippen LogP contribution >= 0.6 is 0 Å². The molecule has 1 aromatic heterocycles. The standard InChI is InChI=1S/C18H16N4O2/c19-17(23)16-12-6-2-1-5-11(12)9-10-22(16)18(24)15-13-7-3-4-8-14(13)20-21-15/h1-8,16H,9-10H2,(H2,19,23)(H,20,21). The van der Waals surface area contributed by atoms with E-state index in [4.69, 9.17) is 5.73 Å². The number of benzene rings is 2. The molecular formula is C18H16N4O2. The van der Waals surface area contributed by atoms with E-state index >= 15 is 0 Å². The molecule has 4 rings (SSSR count). The molecule has 120 valence electrons. The Bertz CT molecular complexity index is 947. The van der Waals surface area contributed by atoms with Crippen molar-refractivity contribution < 1.29 is 9.59 Å². The number of aromatic amines is 1. The lowest BCUT2D eigenvalue weighted by Crippen LogP contribution is -2.45. The van der Waals surface area contributed by atoms with Crippen LogP contribution in [0.25, 0.3) is 10.9 Å². The van der Waals surface area contributed by atoms with Gasteiger partial charge in [-0.15, -0.1) is 0 Å². The van der Waals surface area contributed by atoms with Crippen molar-refractivity contribution >= 4 is 22.7 Å². The lowest BCUT2D eigenvalue weighted by Gasteiger charge is -2.35. The molecule has 1 unspecified atom stereocenters. The molecule has 2 amide bonds. The normalized spacial score (nSPS) is 16.8. The minimum absolute atomic E-state index is 0.286. The van der Waals surface area contributed by atoms with Gasteiger partial charge in [-0.25, -0.2) is 0 Å². The van der Waals surface area contributed by atoms with Crippen LogP contribution in [0.3, 0.4) is 0 Å². The van der Waals surface area contributed by atoms with E-state index in [0.29, 0.717) is 18.7 Å². The lowest BCUT2D eigenvalue weighted by molar-refractivity contribution is -0.123. The van der Waals surface area contributed by atoms with Crippen LogP contribution in [0.1, 0.15) is 27.7 Å². The number of para-hydroxylation sites is 1. The van der Waals surface area contributed by atoms with Gasteiger partial charge in [0.15, 0.2) is 5.69 Å². The van der Waals surface area contributed by atoms with E-state index in [1.54, 1.807) is 0 Å². The Hall–Kier alpha value is -3.15.